The van der Waals surface area contributed by atoms with Crippen LogP contribution in [0.4, 0.5) is 0 Å². The Hall–Kier alpha value is -2.08. The predicted molar refractivity (Wildman–Crippen MR) is 91.0 cm³/mol. The minimum Gasteiger partial charge on any atom is -0.483 e. The van der Waals surface area contributed by atoms with Crippen molar-refractivity contribution in [3.05, 3.63) is 29.8 Å². The Balaban J connectivity index is 1.77. The quantitative estimate of drug-likeness (QED) is 0.755. The molecule has 1 heterocycles. The monoisotopic (exact) mass is 334 g/mol. The van der Waals surface area contributed by atoms with Gasteiger partial charge in [0.1, 0.15) is 5.75 Å². The lowest BCUT2D eigenvalue weighted by Gasteiger charge is -2.34. The lowest BCUT2D eigenvalue weighted by atomic mass is 10.1. The molecule has 1 aromatic carbocycles. The largest absolute Gasteiger partial charge is 0.483 e. The van der Waals surface area contributed by atoms with E-state index >= 15 is 0 Å². The summed E-state index contributed by atoms with van der Waals surface area (Å²) >= 11 is 0. The highest BCUT2D eigenvalue weighted by atomic mass is 16.5. The maximum atomic E-state index is 12.3. The van der Waals surface area contributed by atoms with Gasteiger partial charge in [0.2, 0.25) is 5.91 Å². The van der Waals surface area contributed by atoms with Crippen molar-refractivity contribution < 1.29 is 19.1 Å². The van der Waals surface area contributed by atoms with Crippen molar-refractivity contribution in [3.8, 4) is 5.75 Å². The molecule has 1 aliphatic rings. The number of para-hydroxylation sites is 1. The number of carbonyl (C=O) groups excluding carboxylic acids is 2. The van der Waals surface area contributed by atoms with Crippen molar-refractivity contribution in [2.75, 3.05) is 46.5 Å². The van der Waals surface area contributed by atoms with E-state index in [9.17, 15) is 9.59 Å². The van der Waals surface area contributed by atoms with Crippen LogP contribution in [0.15, 0.2) is 24.3 Å². The molecule has 0 N–H and O–H groups in total. The van der Waals surface area contributed by atoms with Crippen molar-refractivity contribution in [2.24, 2.45) is 0 Å². The van der Waals surface area contributed by atoms with E-state index in [4.69, 9.17) is 9.47 Å². The Labute approximate surface area is 143 Å². The molecular formula is C18H26N2O4. The van der Waals surface area contributed by atoms with Crippen LogP contribution in [-0.2, 0) is 20.7 Å². The third-order valence-corrected chi connectivity index (χ3v) is 4.21. The molecule has 0 spiro atoms. The summed E-state index contributed by atoms with van der Waals surface area (Å²) in [5.74, 6) is 0.809. The van der Waals surface area contributed by atoms with Crippen LogP contribution in [0.25, 0.3) is 0 Å². The van der Waals surface area contributed by atoms with Gasteiger partial charge in [-0.15, -0.1) is 0 Å². The molecule has 0 saturated carbocycles. The fraction of sp³-hybridized carbons (Fsp3) is 0.556. The van der Waals surface area contributed by atoms with Crippen LogP contribution < -0.4 is 4.74 Å². The predicted octanol–water partition coefficient (Wildman–Crippen LogP) is 1.34. The number of hydrogen-bond donors (Lipinski definition) is 0. The number of amides is 2. The van der Waals surface area contributed by atoms with Gasteiger partial charge in [-0.2, -0.15) is 0 Å². The minimum absolute atomic E-state index is 0.0363. The molecule has 0 aliphatic carbocycles. The molecular weight excluding hydrogens is 308 g/mol. The van der Waals surface area contributed by atoms with Gasteiger partial charge in [-0.05, 0) is 18.1 Å². The zero-order chi connectivity index (χ0) is 17.4. The lowest BCUT2D eigenvalue weighted by molar-refractivity contribution is -0.141. The van der Waals surface area contributed by atoms with E-state index in [-0.39, 0.29) is 18.4 Å². The molecule has 1 aromatic rings. The summed E-state index contributed by atoms with van der Waals surface area (Å²) in [6, 6.07) is 7.76. The van der Waals surface area contributed by atoms with E-state index in [1.807, 2.05) is 24.3 Å². The summed E-state index contributed by atoms with van der Waals surface area (Å²) in [4.78, 5) is 27.8. The number of rotatable bonds is 7. The Kier molecular flexibility index (Phi) is 7.06. The molecule has 0 unspecified atom stereocenters. The van der Waals surface area contributed by atoms with Crippen LogP contribution >= 0.6 is 0 Å². The van der Waals surface area contributed by atoms with Gasteiger partial charge >= 0.3 is 0 Å². The first-order chi connectivity index (χ1) is 11.7. The second-order valence-electron chi connectivity index (χ2n) is 5.75. The number of piperazine rings is 1. The standard InChI is InChI=1S/C18H26N2O4/c1-3-15-6-4-5-7-16(15)24-14-18(22)20-11-9-19(10-12-20)17(21)8-13-23-2/h4-7H,3,8-14H2,1-2H3. The Morgan fingerprint density at radius 2 is 1.67 bits per heavy atom. The molecule has 132 valence electrons. The molecule has 6 heteroatoms. The normalized spacial score (nSPS) is 14.6. The Morgan fingerprint density at radius 1 is 1.04 bits per heavy atom. The Morgan fingerprint density at radius 3 is 2.29 bits per heavy atom. The average molecular weight is 334 g/mol. The number of methoxy groups -OCH3 is 1. The van der Waals surface area contributed by atoms with Crippen LogP contribution in [0.5, 0.6) is 5.75 Å². The van der Waals surface area contributed by atoms with Crippen LogP contribution in [0.2, 0.25) is 0 Å². The van der Waals surface area contributed by atoms with E-state index in [0.29, 0.717) is 39.2 Å². The summed E-state index contributed by atoms with van der Waals surface area (Å²) < 4.78 is 10.6. The summed E-state index contributed by atoms with van der Waals surface area (Å²) in [6.07, 6.45) is 1.26. The van der Waals surface area contributed by atoms with Gasteiger partial charge in [-0.25, -0.2) is 0 Å². The molecule has 1 saturated heterocycles. The van der Waals surface area contributed by atoms with Crippen LogP contribution in [0, 0.1) is 0 Å². The molecule has 2 amide bonds. The first kappa shape index (κ1) is 18.3. The number of nitrogens with zero attached hydrogens (tertiary/aromatic N) is 2. The number of aryl methyl sites for hydroxylation is 1. The van der Waals surface area contributed by atoms with Crippen molar-refractivity contribution >= 4 is 11.8 Å². The van der Waals surface area contributed by atoms with Gasteiger partial charge in [0.05, 0.1) is 13.0 Å². The van der Waals surface area contributed by atoms with Crippen molar-refractivity contribution in [3.63, 3.8) is 0 Å². The highest BCUT2D eigenvalue weighted by molar-refractivity contribution is 5.79. The van der Waals surface area contributed by atoms with E-state index in [2.05, 4.69) is 6.92 Å². The van der Waals surface area contributed by atoms with Gasteiger partial charge in [0.15, 0.2) is 6.61 Å². The average Bonchev–Trinajstić information content (AvgIpc) is 2.64. The Bertz CT molecular complexity index is 554. The van der Waals surface area contributed by atoms with Crippen LogP contribution in [0.1, 0.15) is 18.9 Å². The molecule has 2 rings (SSSR count). The molecule has 0 aromatic heterocycles. The highest BCUT2D eigenvalue weighted by Crippen LogP contribution is 2.18. The molecule has 1 aliphatic heterocycles. The van der Waals surface area contributed by atoms with Crippen molar-refractivity contribution in [1.29, 1.82) is 0 Å². The van der Waals surface area contributed by atoms with Gasteiger partial charge in [0.25, 0.3) is 5.91 Å². The van der Waals surface area contributed by atoms with E-state index < -0.39 is 0 Å². The van der Waals surface area contributed by atoms with Crippen LogP contribution in [0.3, 0.4) is 0 Å². The zero-order valence-electron chi connectivity index (χ0n) is 14.5. The topological polar surface area (TPSA) is 59.1 Å². The summed E-state index contributed by atoms with van der Waals surface area (Å²) in [7, 11) is 1.58. The maximum Gasteiger partial charge on any atom is 0.260 e. The fourth-order valence-corrected chi connectivity index (χ4v) is 2.72. The number of benzene rings is 1. The molecule has 0 radical (unpaired) electrons. The second-order valence-corrected chi connectivity index (χ2v) is 5.75. The lowest BCUT2D eigenvalue weighted by Crippen LogP contribution is -2.51. The summed E-state index contributed by atoms with van der Waals surface area (Å²) in [5.41, 5.74) is 1.10. The first-order valence-corrected chi connectivity index (χ1v) is 8.41. The van der Waals surface area contributed by atoms with Crippen molar-refractivity contribution in [2.45, 2.75) is 19.8 Å². The van der Waals surface area contributed by atoms with E-state index in [1.165, 1.54) is 0 Å². The summed E-state index contributed by atoms with van der Waals surface area (Å²) in [5, 5.41) is 0. The highest BCUT2D eigenvalue weighted by Gasteiger charge is 2.24. The maximum absolute atomic E-state index is 12.3. The zero-order valence-corrected chi connectivity index (χ0v) is 14.5. The first-order valence-electron chi connectivity index (χ1n) is 8.41. The summed E-state index contributed by atoms with van der Waals surface area (Å²) in [6.45, 7) is 4.77. The molecule has 6 nitrogen and oxygen atoms in total. The van der Waals surface area contributed by atoms with E-state index in [0.717, 1.165) is 17.7 Å². The van der Waals surface area contributed by atoms with Gasteiger partial charge < -0.3 is 19.3 Å². The number of ether oxygens (including phenoxy) is 2. The SMILES string of the molecule is CCc1ccccc1OCC(=O)N1CCN(C(=O)CCOC)CC1. The van der Waals surface area contributed by atoms with Gasteiger partial charge in [0, 0.05) is 33.3 Å². The second kappa shape index (κ2) is 9.27. The number of carbonyl (C=O) groups is 2. The van der Waals surface area contributed by atoms with Crippen molar-refractivity contribution in [1.82, 2.24) is 9.80 Å². The molecule has 0 bridgehead atoms. The molecule has 0 atom stereocenters. The molecule has 24 heavy (non-hydrogen) atoms. The van der Waals surface area contributed by atoms with Gasteiger partial charge in [-0.1, -0.05) is 25.1 Å². The smallest absolute Gasteiger partial charge is 0.260 e. The molecule has 1 fully saturated rings. The third-order valence-electron chi connectivity index (χ3n) is 4.21. The third kappa shape index (κ3) is 4.96. The fourth-order valence-electron chi connectivity index (χ4n) is 2.72. The minimum atomic E-state index is -0.0371. The van der Waals surface area contributed by atoms with Gasteiger partial charge in [-0.3, -0.25) is 9.59 Å². The van der Waals surface area contributed by atoms with Crippen LogP contribution in [-0.4, -0.2) is 68.1 Å². The van der Waals surface area contributed by atoms with E-state index in [1.54, 1.807) is 16.9 Å². The number of hydrogen-bond acceptors (Lipinski definition) is 4.